The van der Waals surface area contributed by atoms with Gasteiger partial charge in [-0.2, -0.15) is 0 Å². The maximum Gasteiger partial charge on any atom is 0.152 e. The number of nitrogens with zero attached hydrogens (tertiary/aromatic N) is 1. The minimum Gasteiger partial charge on any atom is -0.370 e. The average molecular weight is 350 g/mol. The minimum absolute atomic E-state index is 0.113. The number of piperidine rings is 1. The number of ether oxygens (including phenoxy) is 1. The van der Waals surface area contributed by atoms with Gasteiger partial charge in [0.25, 0.3) is 0 Å². The van der Waals surface area contributed by atoms with Crippen LogP contribution in [-0.4, -0.2) is 36.4 Å². The van der Waals surface area contributed by atoms with Gasteiger partial charge in [0.05, 0.1) is 18.8 Å². The Balaban J connectivity index is 1.76. The highest BCUT2D eigenvalue weighted by Gasteiger charge is 2.44. The van der Waals surface area contributed by atoms with E-state index < -0.39 is 0 Å². The van der Waals surface area contributed by atoms with Crippen LogP contribution in [0, 0.1) is 5.41 Å². The zero-order chi connectivity index (χ0) is 17.5. The van der Waals surface area contributed by atoms with E-state index in [1.54, 1.807) is 0 Å². The SMILES string of the molecule is CCc1cc2c(s1)CCO[C@@]21CCN(CC(=O)C(C)(C)C)[C@@H](C)C1. The third-order valence-corrected chi connectivity index (χ3v) is 6.98. The van der Waals surface area contributed by atoms with Crippen LogP contribution in [0.15, 0.2) is 6.07 Å². The summed E-state index contributed by atoms with van der Waals surface area (Å²) >= 11 is 1.97. The molecule has 4 heteroatoms. The summed E-state index contributed by atoms with van der Waals surface area (Å²) in [5.41, 5.74) is 1.08. The molecule has 0 radical (unpaired) electrons. The zero-order valence-corrected chi connectivity index (χ0v) is 16.6. The highest BCUT2D eigenvalue weighted by molar-refractivity contribution is 7.12. The van der Waals surface area contributed by atoms with Gasteiger partial charge in [-0.1, -0.05) is 27.7 Å². The summed E-state index contributed by atoms with van der Waals surface area (Å²) < 4.78 is 6.38. The van der Waals surface area contributed by atoms with Gasteiger partial charge >= 0.3 is 0 Å². The lowest BCUT2D eigenvalue weighted by Gasteiger charge is -2.47. The molecule has 0 unspecified atom stereocenters. The molecule has 0 bridgehead atoms. The second-order valence-corrected chi connectivity index (χ2v) is 9.66. The van der Waals surface area contributed by atoms with Crippen LogP contribution in [0.2, 0.25) is 0 Å². The van der Waals surface area contributed by atoms with Crippen molar-refractivity contribution in [3.05, 3.63) is 21.4 Å². The van der Waals surface area contributed by atoms with Gasteiger partial charge in [-0.3, -0.25) is 9.69 Å². The van der Waals surface area contributed by atoms with Crippen molar-refractivity contribution in [1.82, 2.24) is 4.90 Å². The molecule has 0 saturated carbocycles. The Labute approximate surface area is 150 Å². The summed E-state index contributed by atoms with van der Waals surface area (Å²) in [5.74, 6) is 0.333. The van der Waals surface area contributed by atoms with Crippen molar-refractivity contribution in [3.8, 4) is 0 Å². The Morgan fingerprint density at radius 1 is 1.46 bits per heavy atom. The molecular weight excluding hydrogens is 318 g/mol. The number of ketones is 1. The van der Waals surface area contributed by atoms with Crippen molar-refractivity contribution in [2.24, 2.45) is 5.41 Å². The fourth-order valence-corrected chi connectivity index (χ4v) is 5.11. The Hall–Kier alpha value is -0.710. The van der Waals surface area contributed by atoms with Crippen LogP contribution < -0.4 is 0 Å². The lowest BCUT2D eigenvalue weighted by molar-refractivity contribution is -0.134. The van der Waals surface area contributed by atoms with E-state index in [1.807, 2.05) is 32.1 Å². The number of aryl methyl sites for hydroxylation is 1. The lowest BCUT2D eigenvalue weighted by Crippen LogP contribution is -2.52. The van der Waals surface area contributed by atoms with Crippen molar-refractivity contribution in [1.29, 1.82) is 0 Å². The molecule has 24 heavy (non-hydrogen) atoms. The lowest BCUT2D eigenvalue weighted by atomic mass is 9.79. The third-order valence-electron chi connectivity index (χ3n) is 5.64. The summed E-state index contributed by atoms with van der Waals surface area (Å²) in [6.07, 6.45) is 4.16. The Kier molecular flexibility index (Phi) is 4.93. The van der Waals surface area contributed by atoms with E-state index in [0.29, 0.717) is 18.4 Å². The number of likely N-dealkylation sites (tertiary alicyclic amines) is 1. The molecule has 2 atom stereocenters. The number of Topliss-reactive ketones (excluding diaryl/α,β-unsaturated/α-hetero) is 1. The fourth-order valence-electron chi connectivity index (χ4n) is 3.93. The van der Waals surface area contributed by atoms with Crippen molar-refractivity contribution in [2.45, 2.75) is 71.9 Å². The van der Waals surface area contributed by atoms with Gasteiger partial charge in [-0.15, -0.1) is 11.3 Å². The molecule has 0 aliphatic carbocycles. The van der Waals surface area contributed by atoms with E-state index in [0.717, 1.165) is 38.8 Å². The molecule has 1 fully saturated rings. The highest BCUT2D eigenvalue weighted by atomic mass is 32.1. The number of hydrogen-bond acceptors (Lipinski definition) is 4. The number of carbonyl (C=O) groups is 1. The highest BCUT2D eigenvalue weighted by Crippen LogP contribution is 2.46. The van der Waals surface area contributed by atoms with Gasteiger partial charge in [0.2, 0.25) is 0 Å². The van der Waals surface area contributed by atoms with Gasteiger partial charge in [0, 0.05) is 34.2 Å². The molecule has 2 aliphatic rings. The molecule has 2 aliphatic heterocycles. The first kappa shape index (κ1) is 18.1. The first-order valence-corrected chi connectivity index (χ1v) is 10.1. The molecule has 3 nitrogen and oxygen atoms in total. The predicted octanol–water partition coefficient (Wildman–Crippen LogP) is 4.18. The quantitative estimate of drug-likeness (QED) is 0.820. The van der Waals surface area contributed by atoms with Gasteiger partial charge in [-0.05, 0) is 37.8 Å². The van der Waals surface area contributed by atoms with Gasteiger partial charge < -0.3 is 4.74 Å². The fraction of sp³-hybridized carbons (Fsp3) is 0.750. The monoisotopic (exact) mass is 349 g/mol. The zero-order valence-electron chi connectivity index (χ0n) is 15.8. The van der Waals surface area contributed by atoms with E-state index in [-0.39, 0.29) is 11.0 Å². The molecule has 1 aromatic heterocycles. The molecule has 134 valence electrons. The molecule has 3 rings (SSSR count). The van der Waals surface area contributed by atoms with Gasteiger partial charge in [-0.25, -0.2) is 0 Å². The van der Waals surface area contributed by atoms with Crippen LogP contribution in [0.5, 0.6) is 0 Å². The molecule has 1 aromatic rings. The van der Waals surface area contributed by atoms with E-state index in [9.17, 15) is 4.79 Å². The maximum atomic E-state index is 12.4. The second-order valence-electron chi connectivity index (χ2n) is 8.44. The van der Waals surface area contributed by atoms with Crippen LogP contribution in [0.1, 0.15) is 62.8 Å². The summed E-state index contributed by atoms with van der Waals surface area (Å²) in [4.78, 5) is 17.8. The number of hydrogen-bond donors (Lipinski definition) is 0. The number of rotatable bonds is 3. The number of thiophene rings is 1. The molecule has 0 aromatic carbocycles. The van der Waals surface area contributed by atoms with Crippen molar-refractivity contribution in [2.75, 3.05) is 19.7 Å². The number of carbonyl (C=O) groups excluding carboxylic acids is 1. The topological polar surface area (TPSA) is 29.5 Å². The van der Waals surface area contributed by atoms with Gasteiger partial charge in [0.1, 0.15) is 0 Å². The summed E-state index contributed by atoms with van der Waals surface area (Å²) in [7, 11) is 0. The molecule has 3 heterocycles. The van der Waals surface area contributed by atoms with E-state index in [2.05, 4.69) is 24.8 Å². The Bertz CT molecular complexity index is 616. The van der Waals surface area contributed by atoms with Gasteiger partial charge in [0.15, 0.2) is 5.78 Å². The normalized spacial score (nSPS) is 28.1. The van der Waals surface area contributed by atoms with E-state index >= 15 is 0 Å². The van der Waals surface area contributed by atoms with Crippen LogP contribution in [0.4, 0.5) is 0 Å². The first-order chi connectivity index (χ1) is 11.2. The summed E-state index contributed by atoms with van der Waals surface area (Å²) in [6, 6.07) is 2.77. The second kappa shape index (κ2) is 6.54. The molecule has 0 amide bonds. The molecule has 1 spiro atoms. The molecular formula is C20H31NO2S. The van der Waals surface area contributed by atoms with Crippen molar-refractivity contribution < 1.29 is 9.53 Å². The average Bonchev–Trinajstić information content (AvgIpc) is 2.94. The minimum atomic E-state index is -0.257. The Morgan fingerprint density at radius 2 is 2.21 bits per heavy atom. The smallest absolute Gasteiger partial charge is 0.152 e. The third kappa shape index (κ3) is 3.33. The molecule has 1 saturated heterocycles. The predicted molar refractivity (Wildman–Crippen MR) is 99.8 cm³/mol. The summed E-state index contributed by atoms with van der Waals surface area (Å²) in [5, 5.41) is 0. The van der Waals surface area contributed by atoms with Crippen LogP contribution in [0.25, 0.3) is 0 Å². The maximum absolute atomic E-state index is 12.4. The Morgan fingerprint density at radius 3 is 2.83 bits per heavy atom. The van der Waals surface area contributed by atoms with E-state index in [4.69, 9.17) is 4.74 Å². The summed E-state index contributed by atoms with van der Waals surface area (Å²) in [6.45, 7) is 12.9. The van der Waals surface area contributed by atoms with Crippen molar-refractivity contribution >= 4 is 17.1 Å². The van der Waals surface area contributed by atoms with Crippen LogP contribution >= 0.6 is 11.3 Å². The number of fused-ring (bicyclic) bond motifs is 2. The van der Waals surface area contributed by atoms with Crippen LogP contribution in [0.3, 0.4) is 0 Å². The standard InChI is InChI=1S/C20H31NO2S/c1-6-15-11-16-17(24-15)7-10-23-20(16)8-9-21(14(2)12-20)13-18(22)19(3,4)5/h11,14H,6-10,12-13H2,1-5H3/t14-,20+/m0/s1. The first-order valence-electron chi connectivity index (χ1n) is 9.28. The molecule has 0 N–H and O–H groups in total. The van der Waals surface area contributed by atoms with Crippen LogP contribution in [-0.2, 0) is 28.0 Å². The largest absolute Gasteiger partial charge is 0.370 e. The van der Waals surface area contributed by atoms with E-state index in [1.165, 1.54) is 15.3 Å². The van der Waals surface area contributed by atoms with Crippen molar-refractivity contribution in [3.63, 3.8) is 0 Å².